The summed E-state index contributed by atoms with van der Waals surface area (Å²) in [6.45, 7) is 0. The van der Waals surface area contributed by atoms with Crippen molar-refractivity contribution in [2.45, 2.75) is 56.4 Å². The van der Waals surface area contributed by atoms with Crippen LogP contribution in [0.1, 0.15) is 50.5 Å². The summed E-state index contributed by atoms with van der Waals surface area (Å²) in [6.07, 6.45) is 5.67. The van der Waals surface area contributed by atoms with Gasteiger partial charge < -0.3 is 15.2 Å². The molecule has 2 N–H and O–H groups in total. The maximum absolute atomic E-state index is 13.1. The number of carboxylic acid groups (broad SMARTS) is 1. The van der Waals surface area contributed by atoms with Gasteiger partial charge in [-0.05, 0) is 49.8 Å². The van der Waals surface area contributed by atoms with Crippen molar-refractivity contribution in [1.82, 2.24) is 5.32 Å². The van der Waals surface area contributed by atoms with E-state index in [-0.39, 0.29) is 17.9 Å². The van der Waals surface area contributed by atoms with E-state index in [9.17, 15) is 9.59 Å². The number of hydrogen-bond donors (Lipinski definition) is 2. The number of ether oxygens (including phenoxy) is 1. The first-order chi connectivity index (χ1) is 11.5. The molecule has 3 rings (SSSR count). The second-order valence-corrected chi connectivity index (χ2v) is 7.04. The monoisotopic (exact) mass is 331 g/mol. The number of carbonyl (C=O) groups excluding carboxylic acids is 1. The van der Waals surface area contributed by atoms with E-state index in [0.29, 0.717) is 12.8 Å². The predicted molar refractivity (Wildman–Crippen MR) is 90.0 cm³/mol. The Morgan fingerprint density at radius 3 is 2.62 bits per heavy atom. The van der Waals surface area contributed by atoms with Gasteiger partial charge in [0, 0.05) is 6.04 Å². The van der Waals surface area contributed by atoms with Crippen LogP contribution in [0.25, 0.3) is 0 Å². The molecule has 2 aliphatic rings. The van der Waals surface area contributed by atoms with Crippen molar-refractivity contribution >= 4 is 11.9 Å². The summed E-state index contributed by atoms with van der Waals surface area (Å²) in [5, 5.41) is 12.3. The Kier molecular flexibility index (Phi) is 4.78. The van der Waals surface area contributed by atoms with Crippen LogP contribution in [-0.4, -0.2) is 30.1 Å². The highest BCUT2D eigenvalue weighted by molar-refractivity contribution is 5.89. The third kappa shape index (κ3) is 3.12. The van der Waals surface area contributed by atoms with Gasteiger partial charge in [-0.25, -0.2) is 0 Å². The number of hydrogen-bond acceptors (Lipinski definition) is 3. The number of benzene rings is 1. The first-order valence-electron chi connectivity index (χ1n) is 8.73. The van der Waals surface area contributed by atoms with E-state index in [1.807, 2.05) is 24.3 Å². The molecule has 2 atom stereocenters. The largest absolute Gasteiger partial charge is 0.497 e. The lowest BCUT2D eigenvalue weighted by Gasteiger charge is -2.30. The maximum atomic E-state index is 13.1. The molecular weight excluding hydrogens is 306 g/mol. The number of rotatable bonds is 5. The number of carboxylic acids is 1. The van der Waals surface area contributed by atoms with Gasteiger partial charge in [0.25, 0.3) is 0 Å². The molecule has 0 saturated heterocycles. The highest BCUT2D eigenvalue weighted by atomic mass is 16.5. The minimum absolute atomic E-state index is 0.0262. The average molecular weight is 331 g/mol. The molecule has 1 amide bonds. The van der Waals surface area contributed by atoms with Crippen LogP contribution in [0.5, 0.6) is 5.75 Å². The summed E-state index contributed by atoms with van der Waals surface area (Å²) in [6, 6.07) is 7.75. The number of carbonyl (C=O) groups is 2. The molecule has 130 valence electrons. The van der Waals surface area contributed by atoms with Crippen molar-refractivity contribution in [2.24, 2.45) is 5.92 Å². The van der Waals surface area contributed by atoms with E-state index >= 15 is 0 Å². The Labute approximate surface area is 142 Å². The van der Waals surface area contributed by atoms with Gasteiger partial charge in [0.05, 0.1) is 18.4 Å². The molecule has 0 bridgehead atoms. The fourth-order valence-corrected chi connectivity index (χ4v) is 4.21. The Balaban J connectivity index is 1.78. The van der Waals surface area contributed by atoms with Crippen molar-refractivity contribution < 1.29 is 19.4 Å². The van der Waals surface area contributed by atoms with Gasteiger partial charge in [0.2, 0.25) is 5.91 Å². The fraction of sp³-hybridized carbons (Fsp3) is 0.579. The van der Waals surface area contributed by atoms with Crippen LogP contribution < -0.4 is 10.1 Å². The van der Waals surface area contributed by atoms with Gasteiger partial charge in [-0.2, -0.15) is 0 Å². The van der Waals surface area contributed by atoms with Gasteiger partial charge in [0.1, 0.15) is 5.75 Å². The number of amides is 1. The Morgan fingerprint density at radius 1 is 1.25 bits per heavy atom. The minimum atomic E-state index is -0.755. The SMILES string of the molecule is COc1cccc(C2(C(=O)N[C@@H]3CC[C@H](C(=O)O)C3)CCCC2)c1. The molecule has 1 aromatic carbocycles. The fourth-order valence-electron chi connectivity index (χ4n) is 4.21. The Morgan fingerprint density at radius 2 is 2.00 bits per heavy atom. The molecule has 0 radical (unpaired) electrons. The highest BCUT2D eigenvalue weighted by Crippen LogP contribution is 2.42. The van der Waals surface area contributed by atoms with E-state index in [0.717, 1.165) is 43.4 Å². The van der Waals surface area contributed by atoms with E-state index in [1.165, 1.54) is 0 Å². The van der Waals surface area contributed by atoms with Crippen molar-refractivity contribution in [3.05, 3.63) is 29.8 Å². The van der Waals surface area contributed by atoms with E-state index in [2.05, 4.69) is 5.32 Å². The zero-order valence-corrected chi connectivity index (χ0v) is 14.1. The third-order valence-electron chi connectivity index (χ3n) is 5.63. The van der Waals surface area contributed by atoms with E-state index in [4.69, 9.17) is 9.84 Å². The molecule has 2 fully saturated rings. The van der Waals surface area contributed by atoms with Gasteiger partial charge in [-0.3, -0.25) is 9.59 Å². The van der Waals surface area contributed by atoms with Gasteiger partial charge >= 0.3 is 5.97 Å². The molecule has 5 nitrogen and oxygen atoms in total. The first-order valence-corrected chi connectivity index (χ1v) is 8.73. The predicted octanol–water partition coefficient (Wildman–Crippen LogP) is 2.88. The average Bonchev–Trinajstić information content (AvgIpc) is 3.25. The zero-order chi connectivity index (χ0) is 17.2. The normalized spacial score (nSPS) is 25.4. The molecular formula is C19H25NO4. The molecule has 5 heteroatoms. The molecule has 0 spiro atoms. The number of aliphatic carboxylic acids is 1. The van der Waals surface area contributed by atoms with E-state index < -0.39 is 11.4 Å². The standard InChI is InChI=1S/C19H25NO4/c1-24-16-6-4-5-14(12-16)19(9-2-3-10-19)18(23)20-15-8-7-13(11-15)17(21)22/h4-6,12-13,15H,2-3,7-11H2,1H3,(H,20,23)(H,21,22)/t13-,15+/m0/s1. The quantitative estimate of drug-likeness (QED) is 0.870. The van der Waals surface area contributed by atoms with Gasteiger partial charge in [-0.15, -0.1) is 0 Å². The van der Waals surface area contributed by atoms with Crippen LogP contribution in [0.3, 0.4) is 0 Å². The number of methoxy groups -OCH3 is 1. The van der Waals surface area contributed by atoms with Crippen molar-refractivity contribution in [2.75, 3.05) is 7.11 Å². The topological polar surface area (TPSA) is 75.6 Å². The van der Waals surface area contributed by atoms with Crippen LogP contribution in [0, 0.1) is 5.92 Å². The first kappa shape index (κ1) is 16.8. The minimum Gasteiger partial charge on any atom is -0.497 e. The zero-order valence-electron chi connectivity index (χ0n) is 14.1. The molecule has 0 aromatic heterocycles. The van der Waals surface area contributed by atoms with Crippen LogP contribution >= 0.6 is 0 Å². The Hall–Kier alpha value is -2.04. The van der Waals surface area contributed by atoms with Crippen LogP contribution in [0.2, 0.25) is 0 Å². The Bertz CT molecular complexity index is 622. The van der Waals surface area contributed by atoms with Crippen LogP contribution in [0.15, 0.2) is 24.3 Å². The lowest BCUT2D eigenvalue weighted by Crippen LogP contribution is -2.46. The summed E-state index contributed by atoms with van der Waals surface area (Å²) in [4.78, 5) is 24.2. The molecule has 0 unspecified atom stereocenters. The molecule has 2 aliphatic carbocycles. The summed E-state index contributed by atoms with van der Waals surface area (Å²) in [5.74, 6) is -0.274. The summed E-state index contributed by atoms with van der Waals surface area (Å²) in [5.41, 5.74) is 0.500. The number of nitrogens with one attached hydrogen (secondary N) is 1. The van der Waals surface area contributed by atoms with Gasteiger partial charge in [-0.1, -0.05) is 25.0 Å². The van der Waals surface area contributed by atoms with Crippen LogP contribution in [-0.2, 0) is 15.0 Å². The van der Waals surface area contributed by atoms with Crippen molar-refractivity contribution in [1.29, 1.82) is 0 Å². The van der Waals surface area contributed by atoms with Gasteiger partial charge in [0.15, 0.2) is 0 Å². The summed E-state index contributed by atoms with van der Waals surface area (Å²) in [7, 11) is 1.63. The molecule has 0 heterocycles. The molecule has 0 aliphatic heterocycles. The maximum Gasteiger partial charge on any atom is 0.306 e. The smallest absolute Gasteiger partial charge is 0.306 e. The van der Waals surface area contributed by atoms with Crippen molar-refractivity contribution in [3.8, 4) is 5.75 Å². The second-order valence-electron chi connectivity index (χ2n) is 7.04. The van der Waals surface area contributed by atoms with Crippen LogP contribution in [0.4, 0.5) is 0 Å². The molecule has 1 aromatic rings. The second kappa shape index (κ2) is 6.83. The molecule has 2 saturated carbocycles. The third-order valence-corrected chi connectivity index (χ3v) is 5.63. The van der Waals surface area contributed by atoms with Crippen molar-refractivity contribution in [3.63, 3.8) is 0 Å². The highest BCUT2D eigenvalue weighted by Gasteiger charge is 2.44. The summed E-state index contributed by atoms with van der Waals surface area (Å²) >= 11 is 0. The molecule has 24 heavy (non-hydrogen) atoms. The summed E-state index contributed by atoms with van der Waals surface area (Å²) < 4.78 is 5.32. The van der Waals surface area contributed by atoms with E-state index in [1.54, 1.807) is 7.11 Å². The lowest BCUT2D eigenvalue weighted by atomic mass is 9.77. The lowest BCUT2D eigenvalue weighted by molar-refractivity contribution is -0.141.